The van der Waals surface area contributed by atoms with E-state index < -0.39 is 0 Å². The van der Waals surface area contributed by atoms with E-state index in [0.717, 1.165) is 13.4 Å². The number of hydrogen-bond donors (Lipinski definition) is 0. The van der Waals surface area contributed by atoms with Gasteiger partial charge in [-0.05, 0) is 38.8 Å². The molecule has 0 fully saturated rings. The molecule has 1 aromatic rings. The zero-order valence-electron chi connectivity index (χ0n) is 3.82. The molecule has 4 heteroatoms. The van der Waals surface area contributed by atoms with Crippen molar-refractivity contribution in [3.8, 4) is 0 Å². The summed E-state index contributed by atoms with van der Waals surface area (Å²) in [5.74, 6) is 0. The highest BCUT2D eigenvalue weighted by molar-refractivity contribution is 9.12. The predicted molar refractivity (Wildman–Crippen MR) is 42.0 cm³/mol. The molecule has 0 N–H and O–H groups in total. The summed E-state index contributed by atoms with van der Waals surface area (Å²) in [5.41, 5.74) is 0.793. The first-order valence-electron chi connectivity index (χ1n) is 1.84. The van der Waals surface area contributed by atoms with Crippen molar-refractivity contribution in [3.05, 3.63) is 20.3 Å². The summed E-state index contributed by atoms with van der Waals surface area (Å²) in [6, 6.07) is 0. The minimum atomic E-state index is 0.793. The van der Waals surface area contributed by atoms with Crippen LogP contribution in [0.5, 0.6) is 0 Å². The Morgan fingerprint density at radius 1 is 1.50 bits per heavy atom. The summed E-state index contributed by atoms with van der Waals surface area (Å²) in [6.07, 6.45) is 0. The molecule has 8 heavy (non-hydrogen) atoms. The van der Waals surface area contributed by atoms with E-state index in [2.05, 4.69) is 43.8 Å². The Hall–Kier alpha value is 0.590. The number of hydrogen-bond acceptors (Lipinski definition) is 2. The van der Waals surface area contributed by atoms with Gasteiger partial charge >= 0.3 is 0 Å². The van der Waals surface area contributed by atoms with Gasteiger partial charge in [0.2, 0.25) is 0 Å². The lowest BCUT2D eigenvalue weighted by Crippen LogP contribution is -1.66. The molecule has 0 atom stereocenters. The van der Waals surface area contributed by atoms with Crippen LogP contribution in [0.15, 0.2) is 7.70 Å². The highest BCUT2D eigenvalue weighted by Gasteiger charge is 1.99. The lowest BCUT2D eigenvalue weighted by Gasteiger charge is -1.74. The van der Waals surface area contributed by atoms with Crippen molar-refractivity contribution < 1.29 is 0 Å². The van der Waals surface area contributed by atoms with Crippen LogP contribution in [0, 0.1) is 6.92 Å². The maximum atomic E-state index is 3.99. The summed E-state index contributed by atoms with van der Waals surface area (Å²) >= 11 is 8.03. The van der Waals surface area contributed by atoms with Gasteiger partial charge < -0.3 is 0 Å². The summed E-state index contributed by atoms with van der Waals surface area (Å²) in [7, 11) is 0. The topological polar surface area (TPSA) is 12.9 Å². The number of nitrogens with zero attached hydrogens (tertiary/aromatic N) is 1. The van der Waals surface area contributed by atoms with Gasteiger partial charge in [-0.2, -0.15) is 0 Å². The number of thiazole rings is 1. The first kappa shape index (κ1) is 6.71. The molecule has 1 aromatic heterocycles. The van der Waals surface area contributed by atoms with Crippen molar-refractivity contribution in [1.29, 1.82) is 0 Å². The van der Waals surface area contributed by atoms with Gasteiger partial charge in [-0.3, -0.25) is 0 Å². The van der Waals surface area contributed by atoms with Gasteiger partial charge in [0.05, 0.1) is 9.48 Å². The highest BCUT2D eigenvalue weighted by Crippen LogP contribution is 2.27. The van der Waals surface area contributed by atoms with Crippen molar-refractivity contribution in [1.82, 2.24) is 4.98 Å². The molecule has 43 valence electrons. The Kier molecular flexibility index (Phi) is 2.06. The van der Waals surface area contributed by atoms with Crippen LogP contribution in [0.3, 0.4) is 0 Å². The Morgan fingerprint density at radius 3 is 2.25 bits per heavy atom. The molecular weight excluding hydrogens is 254 g/mol. The molecule has 0 unspecified atom stereocenters. The molecule has 1 radical (unpaired) electrons. The van der Waals surface area contributed by atoms with Gasteiger partial charge in [0, 0.05) is 0 Å². The van der Waals surface area contributed by atoms with E-state index in [-0.39, 0.29) is 0 Å². The number of aromatic nitrogens is 1. The smallest absolute Gasteiger partial charge is 0.160 e. The van der Waals surface area contributed by atoms with Crippen LogP contribution in [0.1, 0.15) is 5.69 Å². The van der Waals surface area contributed by atoms with Crippen molar-refractivity contribution in [2.45, 2.75) is 0 Å². The molecule has 0 aliphatic heterocycles. The van der Waals surface area contributed by atoms with Crippen molar-refractivity contribution in [2.75, 3.05) is 0 Å². The Morgan fingerprint density at radius 2 is 2.12 bits per heavy atom. The first-order valence-corrected chi connectivity index (χ1v) is 4.24. The molecule has 1 heterocycles. The zero-order chi connectivity index (χ0) is 6.15. The van der Waals surface area contributed by atoms with Crippen LogP contribution in [0.2, 0.25) is 0 Å². The number of halogens is 2. The van der Waals surface area contributed by atoms with Crippen molar-refractivity contribution >= 4 is 43.2 Å². The first-order chi connectivity index (χ1) is 3.70. The third kappa shape index (κ3) is 1.30. The lowest BCUT2D eigenvalue weighted by atomic mass is 10.6. The van der Waals surface area contributed by atoms with Gasteiger partial charge in [-0.1, -0.05) is 11.3 Å². The number of rotatable bonds is 0. The van der Waals surface area contributed by atoms with E-state index >= 15 is 0 Å². The van der Waals surface area contributed by atoms with Gasteiger partial charge in [0.1, 0.15) is 0 Å². The maximum absolute atomic E-state index is 3.99. The molecule has 0 aliphatic carbocycles. The molecule has 0 bridgehead atoms. The standard InChI is InChI=1S/C4H2Br2NS/c1-2-3(5)8-4(6)7-2/h1H2. The molecular formula is C4H2Br2NS. The molecule has 0 amide bonds. The summed E-state index contributed by atoms with van der Waals surface area (Å²) in [6.45, 7) is 3.66. The second kappa shape index (κ2) is 2.45. The molecule has 0 aromatic carbocycles. The summed E-state index contributed by atoms with van der Waals surface area (Å²) in [4.78, 5) is 3.99. The molecule has 1 nitrogen and oxygen atoms in total. The van der Waals surface area contributed by atoms with Crippen LogP contribution in [0.25, 0.3) is 0 Å². The molecule has 1 rings (SSSR count). The summed E-state index contributed by atoms with van der Waals surface area (Å²) in [5, 5.41) is 0. The lowest BCUT2D eigenvalue weighted by molar-refractivity contribution is 1.31. The third-order valence-corrected chi connectivity index (χ3v) is 2.90. The second-order valence-corrected chi connectivity index (χ2v) is 4.78. The zero-order valence-corrected chi connectivity index (χ0v) is 7.81. The monoisotopic (exact) mass is 254 g/mol. The maximum Gasteiger partial charge on any atom is 0.160 e. The molecule has 0 spiro atoms. The fraction of sp³-hybridized carbons (Fsp3) is 0. The predicted octanol–water partition coefficient (Wildman–Crippen LogP) is 2.85. The minimum absolute atomic E-state index is 0.793. The summed E-state index contributed by atoms with van der Waals surface area (Å²) < 4.78 is 1.86. The largest absolute Gasteiger partial charge is 0.233 e. The minimum Gasteiger partial charge on any atom is -0.233 e. The fourth-order valence-electron chi connectivity index (χ4n) is 0.306. The quantitative estimate of drug-likeness (QED) is 0.695. The van der Waals surface area contributed by atoms with E-state index in [0.29, 0.717) is 0 Å². The van der Waals surface area contributed by atoms with E-state index in [9.17, 15) is 0 Å². The average molecular weight is 256 g/mol. The Labute approximate surface area is 68.4 Å². The van der Waals surface area contributed by atoms with Crippen molar-refractivity contribution in [2.24, 2.45) is 0 Å². The normalized spacial score (nSPS) is 9.88. The van der Waals surface area contributed by atoms with Gasteiger partial charge in [-0.15, -0.1) is 0 Å². The Bertz CT molecular complexity index is 176. The Balaban J connectivity index is 3.14. The average Bonchev–Trinajstić information content (AvgIpc) is 1.85. The van der Waals surface area contributed by atoms with Crippen LogP contribution < -0.4 is 0 Å². The second-order valence-electron chi connectivity index (χ2n) is 1.19. The fourth-order valence-corrected chi connectivity index (χ4v) is 2.67. The molecule has 0 saturated carbocycles. The third-order valence-electron chi connectivity index (χ3n) is 0.624. The van der Waals surface area contributed by atoms with Crippen LogP contribution in [0.4, 0.5) is 0 Å². The van der Waals surface area contributed by atoms with Crippen LogP contribution in [-0.4, -0.2) is 4.98 Å². The molecule has 0 aliphatic rings. The SMILES string of the molecule is [CH2]c1nc(Br)sc1Br. The van der Waals surface area contributed by atoms with Gasteiger partial charge in [0.25, 0.3) is 0 Å². The highest BCUT2D eigenvalue weighted by atomic mass is 79.9. The van der Waals surface area contributed by atoms with Crippen molar-refractivity contribution in [3.63, 3.8) is 0 Å². The van der Waals surface area contributed by atoms with E-state index in [1.807, 2.05) is 0 Å². The van der Waals surface area contributed by atoms with Crippen LogP contribution in [-0.2, 0) is 0 Å². The van der Waals surface area contributed by atoms with E-state index in [1.54, 1.807) is 0 Å². The van der Waals surface area contributed by atoms with Crippen LogP contribution >= 0.6 is 43.2 Å². The van der Waals surface area contributed by atoms with Gasteiger partial charge in [0.15, 0.2) is 3.92 Å². The van der Waals surface area contributed by atoms with Gasteiger partial charge in [-0.25, -0.2) is 4.98 Å². The van der Waals surface area contributed by atoms with E-state index in [1.165, 1.54) is 11.3 Å². The molecule has 0 saturated heterocycles. The van der Waals surface area contributed by atoms with E-state index in [4.69, 9.17) is 0 Å².